The summed E-state index contributed by atoms with van der Waals surface area (Å²) >= 11 is 0. The topological polar surface area (TPSA) is 99.2 Å². The molecule has 2 aliphatic rings. The van der Waals surface area contributed by atoms with Crippen LogP contribution in [0, 0.1) is 0 Å². The zero-order valence-electron chi connectivity index (χ0n) is 17.9. The molecular formula is C23H26N4O4S. The van der Waals surface area contributed by atoms with Crippen LogP contribution in [0.25, 0.3) is 0 Å². The molecule has 9 heteroatoms. The number of nitrogens with one attached hydrogen (secondary N) is 1. The SMILES string of the molecule is CCN(Cc1ccccc1)C(=O)CNC(=O)[C@@H]1CCCN1C1=NS(=O)(=O)c2ccccc21. The van der Waals surface area contributed by atoms with E-state index in [4.69, 9.17) is 0 Å². The van der Waals surface area contributed by atoms with Crippen molar-refractivity contribution in [1.82, 2.24) is 15.1 Å². The number of likely N-dealkylation sites (N-methyl/N-ethyl adjacent to an activating group) is 1. The van der Waals surface area contributed by atoms with Crippen LogP contribution in [-0.4, -0.2) is 61.5 Å². The van der Waals surface area contributed by atoms with Gasteiger partial charge in [0.05, 0.1) is 6.54 Å². The number of carbonyl (C=O) groups excluding carboxylic acids is 2. The number of amidine groups is 1. The summed E-state index contributed by atoms with van der Waals surface area (Å²) < 4.78 is 28.8. The number of rotatable bonds is 6. The number of fused-ring (bicyclic) bond motifs is 1. The summed E-state index contributed by atoms with van der Waals surface area (Å²) in [4.78, 5) is 29.2. The Bertz CT molecular complexity index is 1150. The van der Waals surface area contributed by atoms with Crippen LogP contribution in [-0.2, 0) is 26.2 Å². The number of carbonyl (C=O) groups is 2. The maximum absolute atomic E-state index is 12.9. The van der Waals surface area contributed by atoms with Crippen molar-refractivity contribution in [3.05, 3.63) is 65.7 Å². The molecule has 168 valence electrons. The van der Waals surface area contributed by atoms with E-state index in [1.807, 2.05) is 37.3 Å². The molecule has 1 N–H and O–H groups in total. The highest BCUT2D eigenvalue weighted by atomic mass is 32.2. The highest BCUT2D eigenvalue weighted by molar-refractivity contribution is 7.90. The number of hydrogen-bond donors (Lipinski definition) is 1. The van der Waals surface area contributed by atoms with Crippen molar-refractivity contribution in [2.24, 2.45) is 4.40 Å². The first kappa shape index (κ1) is 22.0. The molecule has 2 aromatic rings. The van der Waals surface area contributed by atoms with Crippen LogP contribution in [0.4, 0.5) is 0 Å². The fourth-order valence-corrected chi connectivity index (χ4v) is 5.38. The molecule has 32 heavy (non-hydrogen) atoms. The molecule has 0 aromatic heterocycles. The van der Waals surface area contributed by atoms with Gasteiger partial charge in [0.2, 0.25) is 11.8 Å². The van der Waals surface area contributed by atoms with Crippen LogP contribution in [0.5, 0.6) is 0 Å². The van der Waals surface area contributed by atoms with Crippen LogP contribution in [0.15, 0.2) is 63.9 Å². The molecule has 0 bridgehead atoms. The van der Waals surface area contributed by atoms with Crippen LogP contribution in [0.2, 0.25) is 0 Å². The van der Waals surface area contributed by atoms with Crippen LogP contribution in [0.1, 0.15) is 30.9 Å². The van der Waals surface area contributed by atoms with Gasteiger partial charge in [-0.25, -0.2) is 0 Å². The fraction of sp³-hybridized carbons (Fsp3) is 0.348. The highest BCUT2D eigenvalue weighted by Crippen LogP contribution is 2.31. The second kappa shape index (κ2) is 9.12. The molecule has 2 amide bonds. The van der Waals surface area contributed by atoms with Gasteiger partial charge >= 0.3 is 0 Å². The second-order valence-corrected chi connectivity index (χ2v) is 9.42. The number of amides is 2. The van der Waals surface area contributed by atoms with Gasteiger partial charge in [0.1, 0.15) is 10.9 Å². The molecule has 2 heterocycles. The third-order valence-corrected chi connectivity index (χ3v) is 7.13. The average molecular weight is 455 g/mol. The largest absolute Gasteiger partial charge is 0.345 e. The standard InChI is InChI=1S/C23H26N4O4S/c1-2-26(16-17-9-4-3-5-10-17)21(28)15-24-23(29)19-12-8-14-27(19)22-18-11-6-7-13-20(18)32(30,31)25-22/h3-7,9-11,13,19H,2,8,12,14-16H2,1H3,(H,24,29)/t19-/m0/s1. The van der Waals surface area contributed by atoms with Crippen molar-refractivity contribution in [3.63, 3.8) is 0 Å². The lowest BCUT2D eigenvalue weighted by Crippen LogP contribution is -2.48. The minimum Gasteiger partial charge on any atom is -0.345 e. The van der Waals surface area contributed by atoms with E-state index in [1.54, 1.807) is 28.0 Å². The maximum Gasteiger partial charge on any atom is 0.285 e. The Balaban J connectivity index is 1.42. The van der Waals surface area contributed by atoms with Gasteiger partial charge in [-0.3, -0.25) is 9.59 Å². The normalized spacial score (nSPS) is 18.7. The Labute approximate surface area is 188 Å². The number of benzene rings is 2. The number of hydrogen-bond acceptors (Lipinski definition) is 5. The van der Waals surface area contributed by atoms with Gasteiger partial charge in [-0.1, -0.05) is 42.5 Å². The average Bonchev–Trinajstić information content (AvgIpc) is 3.39. The van der Waals surface area contributed by atoms with Gasteiger partial charge in [0.25, 0.3) is 10.0 Å². The first-order valence-electron chi connectivity index (χ1n) is 10.7. The molecule has 0 spiro atoms. The highest BCUT2D eigenvalue weighted by Gasteiger charge is 2.39. The van der Waals surface area contributed by atoms with Gasteiger partial charge in [-0.15, -0.1) is 4.40 Å². The summed E-state index contributed by atoms with van der Waals surface area (Å²) in [5.41, 5.74) is 1.54. The lowest BCUT2D eigenvalue weighted by molar-refractivity contribution is -0.134. The summed E-state index contributed by atoms with van der Waals surface area (Å²) in [5, 5.41) is 2.75. The molecule has 0 unspecified atom stereocenters. The van der Waals surface area contributed by atoms with Crippen molar-refractivity contribution in [2.75, 3.05) is 19.6 Å². The zero-order valence-corrected chi connectivity index (χ0v) is 18.7. The van der Waals surface area contributed by atoms with Crippen LogP contribution >= 0.6 is 0 Å². The lowest BCUT2D eigenvalue weighted by Gasteiger charge is -2.26. The van der Waals surface area contributed by atoms with E-state index >= 15 is 0 Å². The molecule has 2 aliphatic heterocycles. The van der Waals surface area contributed by atoms with E-state index in [0.29, 0.717) is 37.5 Å². The predicted octanol–water partition coefficient (Wildman–Crippen LogP) is 1.76. The first-order valence-corrected chi connectivity index (χ1v) is 12.1. The van der Waals surface area contributed by atoms with E-state index in [-0.39, 0.29) is 23.3 Å². The van der Waals surface area contributed by atoms with E-state index in [0.717, 1.165) is 12.0 Å². The van der Waals surface area contributed by atoms with Crippen molar-refractivity contribution in [3.8, 4) is 0 Å². The summed E-state index contributed by atoms with van der Waals surface area (Å²) in [5.74, 6) is -0.152. The third-order valence-electron chi connectivity index (χ3n) is 5.80. The Hall–Kier alpha value is -3.20. The van der Waals surface area contributed by atoms with Gasteiger partial charge in [-0.05, 0) is 37.5 Å². The number of likely N-dealkylation sites (tertiary alicyclic amines) is 1. The molecular weight excluding hydrogens is 428 g/mol. The fourth-order valence-electron chi connectivity index (χ4n) is 4.16. The van der Waals surface area contributed by atoms with Gasteiger partial charge in [-0.2, -0.15) is 8.42 Å². The third kappa shape index (κ3) is 4.38. The molecule has 0 aliphatic carbocycles. The Morgan fingerprint density at radius 3 is 2.59 bits per heavy atom. The van der Waals surface area contributed by atoms with Crippen LogP contribution < -0.4 is 5.32 Å². The Kier molecular flexibility index (Phi) is 6.27. The van der Waals surface area contributed by atoms with Gasteiger partial charge in [0.15, 0.2) is 5.84 Å². The van der Waals surface area contributed by atoms with Gasteiger partial charge < -0.3 is 15.1 Å². The molecule has 1 saturated heterocycles. The lowest BCUT2D eigenvalue weighted by atomic mass is 10.1. The quantitative estimate of drug-likeness (QED) is 0.717. The number of nitrogens with zero attached hydrogens (tertiary/aromatic N) is 3. The van der Waals surface area contributed by atoms with Crippen LogP contribution in [0.3, 0.4) is 0 Å². The smallest absolute Gasteiger partial charge is 0.285 e. The summed E-state index contributed by atoms with van der Waals surface area (Å²) in [6.07, 6.45) is 1.31. The first-order chi connectivity index (χ1) is 15.4. The molecule has 1 atom stereocenters. The Morgan fingerprint density at radius 1 is 1.12 bits per heavy atom. The van der Waals surface area contributed by atoms with Crippen molar-refractivity contribution in [1.29, 1.82) is 0 Å². The van der Waals surface area contributed by atoms with E-state index in [2.05, 4.69) is 9.71 Å². The maximum atomic E-state index is 12.9. The summed E-state index contributed by atoms with van der Waals surface area (Å²) in [7, 11) is -3.76. The van der Waals surface area contributed by atoms with Crippen molar-refractivity contribution >= 4 is 27.7 Å². The van der Waals surface area contributed by atoms with E-state index < -0.39 is 16.1 Å². The predicted molar refractivity (Wildman–Crippen MR) is 120 cm³/mol. The van der Waals surface area contributed by atoms with E-state index in [9.17, 15) is 18.0 Å². The minimum absolute atomic E-state index is 0.106. The Morgan fingerprint density at radius 2 is 1.84 bits per heavy atom. The van der Waals surface area contributed by atoms with Gasteiger partial charge in [0, 0.05) is 25.2 Å². The zero-order chi connectivity index (χ0) is 22.7. The van der Waals surface area contributed by atoms with Crippen molar-refractivity contribution in [2.45, 2.75) is 37.2 Å². The summed E-state index contributed by atoms with van der Waals surface area (Å²) in [6, 6.07) is 15.8. The molecule has 1 fully saturated rings. The molecule has 4 rings (SSSR count). The molecule has 2 aromatic carbocycles. The molecule has 8 nitrogen and oxygen atoms in total. The molecule has 0 radical (unpaired) electrons. The number of sulfonamides is 1. The minimum atomic E-state index is -3.76. The molecule has 0 saturated carbocycles. The monoisotopic (exact) mass is 454 g/mol. The van der Waals surface area contributed by atoms with Crippen molar-refractivity contribution < 1.29 is 18.0 Å². The second-order valence-electron chi connectivity index (χ2n) is 7.85. The summed E-state index contributed by atoms with van der Waals surface area (Å²) in [6.45, 7) is 3.34. The van der Waals surface area contributed by atoms with E-state index in [1.165, 1.54) is 6.07 Å².